The number of nitrogens with zero attached hydrogens (tertiary/aromatic N) is 1. The molecule has 0 aliphatic carbocycles. The summed E-state index contributed by atoms with van der Waals surface area (Å²) >= 11 is 1.82. The molecule has 102 valence electrons. The lowest BCUT2D eigenvalue weighted by Gasteiger charge is -2.36. The number of ether oxygens (including phenoxy) is 1. The highest BCUT2D eigenvalue weighted by molar-refractivity contribution is 7.10. The largest absolute Gasteiger partial charge is 0.374 e. The van der Waals surface area contributed by atoms with E-state index in [-0.39, 0.29) is 6.10 Å². The van der Waals surface area contributed by atoms with Crippen LogP contribution in [0.4, 0.5) is 0 Å². The Hall–Kier alpha value is -0.420. The van der Waals surface area contributed by atoms with E-state index in [1.54, 1.807) is 0 Å². The van der Waals surface area contributed by atoms with Crippen LogP contribution in [0.5, 0.6) is 0 Å². The van der Waals surface area contributed by atoms with Gasteiger partial charge in [0.15, 0.2) is 0 Å². The van der Waals surface area contributed by atoms with Crippen molar-refractivity contribution in [2.75, 3.05) is 32.8 Å². The molecule has 0 radical (unpaired) electrons. The summed E-state index contributed by atoms with van der Waals surface area (Å²) in [4.78, 5) is 3.87. The van der Waals surface area contributed by atoms with Gasteiger partial charge >= 0.3 is 0 Å². The number of likely N-dealkylation sites (N-methyl/N-ethyl adjacent to an activating group) is 1. The topological polar surface area (TPSA) is 24.5 Å². The number of thiophene rings is 1. The molecule has 0 spiro atoms. The summed E-state index contributed by atoms with van der Waals surface area (Å²) in [5.41, 5.74) is 0. The molecule has 4 heteroatoms. The first-order chi connectivity index (χ1) is 8.85. The smallest absolute Gasteiger partial charge is 0.0904 e. The van der Waals surface area contributed by atoms with E-state index in [9.17, 15) is 0 Å². The zero-order valence-electron chi connectivity index (χ0n) is 11.4. The van der Waals surface area contributed by atoms with E-state index in [2.05, 4.69) is 41.6 Å². The Bertz CT molecular complexity index is 329. The summed E-state index contributed by atoms with van der Waals surface area (Å²) in [6.07, 6.45) is 1.44. The quantitative estimate of drug-likeness (QED) is 0.858. The molecular formula is C14H24N2OS. The molecule has 3 nitrogen and oxygen atoms in total. The average Bonchev–Trinajstić information content (AvgIpc) is 2.93. The zero-order chi connectivity index (χ0) is 12.8. The van der Waals surface area contributed by atoms with Crippen LogP contribution in [-0.4, -0.2) is 43.8 Å². The highest BCUT2D eigenvalue weighted by Crippen LogP contribution is 2.26. The van der Waals surface area contributed by atoms with Crippen molar-refractivity contribution in [3.8, 4) is 0 Å². The molecule has 2 unspecified atom stereocenters. The van der Waals surface area contributed by atoms with Gasteiger partial charge in [0.2, 0.25) is 0 Å². The van der Waals surface area contributed by atoms with E-state index in [0.717, 1.165) is 39.2 Å². The van der Waals surface area contributed by atoms with Crippen LogP contribution >= 0.6 is 11.3 Å². The van der Waals surface area contributed by atoms with Crippen molar-refractivity contribution in [1.29, 1.82) is 0 Å². The average molecular weight is 268 g/mol. The van der Waals surface area contributed by atoms with Crippen molar-refractivity contribution in [3.05, 3.63) is 22.4 Å². The van der Waals surface area contributed by atoms with Crippen molar-refractivity contribution in [2.24, 2.45) is 0 Å². The van der Waals surface area contributed by atoms with Crippen LogP contribution < -0.4 is 5.32 Å². The zero-order valence-corrected chi connectivity index (χ0v) is 12.2. The molecule has 0 amide bonds. The Kier molecular flexibility index (Phi) is 5.63. The SMILES string of the molecule is CCCNC(c1cccs1)C1CN(CC)CCO1. The minimum absolute atomic E-state index is 0.281. The third kappa shape index (κ3) is 3.54. The van der Waals surface area contributed by atoms with Crippen LogP contribution in [0.1, 0.15) is 31.2 Å². The van der Waals surface area contributed by atoms with Crippen molar-refractivity contribution in [1.82, 2.24) is 10.2 Å². The van der Waals surface area contributed by atoms with E-state index in [0.29, 0.717) is 6.04 Å². The first-order valence-corrected chi connectivity index (χ1v) is 7.83. The number of nitrogens with one attached hydrogen (secondary N) is 1. The highest BCUT2D eigenvalue weighted by Gasteiger charge is 2.28. The summed E-state index contributed by atoms with van der Waals surface area (Å²) in [5.74, 6) is 0. The molecule has 1 aromatic heterocycles. The van der Waals surface area contributed by atoms with E-state index in [4.69, 9.17) is 4.74 Å². The molecule has 0 bridgehead atoms. The molecule has 1 fully saturated rings. The van der Waals surface area contributed by atoms with Gasteiger partial charge in [0.05, 0.1) is 18.8 Å². The van der Waals surface area contributed by atoms with Crippen LogP contribution in [0.15, 0.2) is 17.5 Å². The van der Waals surface area contributed by atoms with Crippen LogP contribution in [0.3, 0.4) is 0 Å². The Labute approximate surface area is 114 Å². The second-order valence-corrected chi connectivity index (χ2v) is 5.73. The molecule has 1 N–H and O–H groups in total. The van der Waals surface area contributed by atoms with Crippen LogP contribution in [-0.2, 0) is 4.74 Å². The fourth-order valence-electron chi connectivity index (χ4n) is 2.40. The van der Waals surface area contributed by atoms with Crippen LogP contribution in [0.25, 0.3) is 0 Å². The summed E-state index contributed by atoms with van der Waals surface area (Å²) in [5, 5.41) is 5.79. The van der Waals surface area contributed by atoms with E-state index < -0.39 is 0 Å². The Morgan fingerprint density at radius 2 is 2.44 bits per heavy atom. The predicted octanol–water partition coefficient (Wildman–Crippen LogP) is 2.51. The van der Waals surface area contributed by atoms with Gasteiger partial charge in [-0.2, -0.15) is 0 Å². The van der Waals surface area contributed by atoms with Gasteiger partial charge in [-0.25, -0.2) is 0 Å². The van der Waals surface area contributed by atoms with E-state index in [1.165, 1.54) is 4.88 Å². The summed E-state index contributed by atoms with van der Waals surface area (Å²) in [6, 6.07) is 4.69. The molecule has 1 saturated heterocycles. The monoisotopic (exact) mass is 268 g/mol. The standard InChI is InChI=1S/C14H24N2OS/c1-3-7-15-14(13-6-5-10-18-13)12-11-16(4-2)8-9-17-12/h5-6,10,12,14-15H,3-4,7-9,11H2,1-2H3. The molecule has 2 rings (SSSR count). The highest BCUT2D eigenvalue weighted by atomic mass is 32.1. The molecular weight excluding hydrogens is 244 g/mol. The summed E-state index contributed by atoms with van der Waals surface area (Å²) in [6.45, 7) is 9.56. The van der Waals surface area contributed by atoms with Gasteiger partial charge in [0.25, 0.3) is 0 Å². The fourth-order valence-corrected chi connectivity index (χ4v) is 3.26. The molecule has 1 aliphatic heterocycles. The van der Waals surface area contributed by atoms with Crippen molar-refractivity contribution in [2.45, 2.75) is 32.4 Å². The minimum atomic E-state index is 0.281. The molecule has 1 aromatic rings. The number of rotatable bonds is 6. The molecule has 0 saturated carbocycles. The summed E-state index contributed by atoms with van der Waals surface area (Å²) in [7, 11) is 0. The number of morpholine rings is 1. The molecule has 0 aromatic carbocycles. The minimum Gasteiger partial charge on any atom is -0.374 e. The summed E-state index contributed by atoms with van der Waals surface area (Å²) < 4.78 is 6.00. The van der Waals surface area contributed by atoms with Gasteiger partial charge in [-0.05, 0) is 31.0 Å². The third-order valence-electron chi connectivity index (χ3n) is 3.46. The maximum Gasteiger partial charge on any atom is 0.0904 e. The second-order valence-electron chi connectivity index (χ2n) is 4.75. The predicted molar refractivity (Wildman–Crippen MR) is 77.2 cm³/mol. The first kappa shape index (κ1) is 14.0. The van der Waals surface area contributed by atoms with Crippen LogP contribution in [0, 0.1) is 0 Å². The van der Waals surface area contributed by atoms with Crippen LogP contribution in [0.2, 0.25) is 0 Å². The lowest BCUT2D eigenvalue weighted by Crippen LogP contribution is -2.48. The molecule has 1 aliphatic rings. The Morgan fingerprint density at radius 1 is 1.56 bits per heavy atom. The lowest BCUT2D eigenvalue weighted by molar-refractivity contribution is -0.0449. The van der Waals surface area contributed by atoms with Gasteiger partial charge in [-0.3, -0.25) is 4.90 Å². The van der Waals surface area contributed by atoms with Gasteiger partial charge in [-0.15, -0.1) is 11.3 Å². The number of hydrogen-bond acceptors (Lipinski definition) is 4. The molecule has 2 atom stereocenters. The van der Waals surface area contributed by atoms with Crippen molar-refractivity contribution in [3.63, 3.8) is 0 Å². The Morgan fingerprint density at radius 3 is 3.11 bits per heavy atom. The third-order valence-corrected chi connectivity index (χ3v) is 4.42. The van der Waals surface area contributed by atoms with Gasteiger partial charge in [0.1, 0.15) is 0 Å². The van der Waals surface area contributed by atoms with Crippen molar-refractivity contribution < 1.29 is 4.74 Å². The molecule has 18 heavy (non-hydrogen) atoms. The fraction of sp³-hybridized carbons (Fsp3) is 0.714. The lowest BCUT2D eigenvalue weighted by atomic mass is 10.1. The Balaban J connectivity index is 2.03. The maximum atomic E-state index is 6.00. The van der Waals surface area contributed by atoms with E-state index in [1.807, 2.05) is 11.3 Å². The second kappa shape index (κ2) is 7.24. The van der Waals surface area contributed by atoms with Gasteiger partial charge in [0, 0.05) is 18.0 Å². The normalized spacial score (nSPS) is 23.1. The molecule has 2 heterocycles. The maximum absolute atomic E-state index is 6.00. The first-order valence-electron chi connectivity index (χ1n) is 6.95. The van der Waals surface area contributed by atoms with Gasteiger partial charge < -0.3 is 10.1 Å². The number of hydrogen-bond donors (Lipinski definition) is 1. The van der Waals surface area contributed by atoms with Gasteiger partial charge in [-0.1, -0.05) is 19.9 Å². The van der Waals surface area contributed by atoms with E-state index >= 15 is 0 Å². The van der Waals surface area contributed by atoms with Crippen molar-refractivity contribution >= 4 is 11.3 Å².